The maximum atomic E-state index is 14.4. The summed E-state index contributed by atoms with van der Waals surface area (Å²) in [6, 6.07) is 0.342. The highest BCUT2D eigenvalue weighted by Gasteiger charge is 2.50. The van der Waals surface area contributed by atoms with Gasteiger partial charge in [-0.3, -0.25) is 9.59 Å². The topological polar surface area (TPSA) is 174 Å². The van der Waals surface area contributed by atoms with Gasteiger partial charge in [0.2, 0.25) is 0 Å². The first-order valence-corrected chi connectivity index (χ1v) is 25.0. The van der Waals surface area contributed by atoms with Crippen molar-refractivity contribution in [2.24, 2.45) is 76.2 Å². The molecule has 19 atom stereocenters. The van der Waals surface area contributed by atoms with Crippen LogP contribution < -0.4 is 16.4 Å². The second-order valence-electron chi connectivity index (χ2n) is 21.9. The number of hydrogen-bond donors (Lipinski definition) is 7. The first-order valence-electron chi connectivity index (χ1n) is 25.0. The summed E-state index contributed by atoms with van der Waals surface area (Å²) >= 11 is 0. The lowest BCUT2D eigenvalue weighted by molar-refractivity contribution is -0.135. The Morgan fingerprint density at radius 3 is 2.38 bits per heavy atom. The summed E-state index contributed by atoms with van der Waals surface area (Å²) in [6.45, 7) is 1.84. The Kier molecular flexibility index (Phi) is 15.2. The molecule has 0 aromatic carbocycles. The van der Waals surface area contributed by atoms with Gasteiger partial charge >= 0.3 is 0 Å². The zero-order valence-corrected chi connectivity index (χ0v) is 36.9. The second kappa shape index (κ2) is 20.2. The van der Waals surface area contributed by atoms with Crippen LogP contribution in [0, 0.1) is 82.4 Å². The molecule has 9 unspecified atom stereocenters. The number of ketones is 2. The van der Waals surface area contributed by atoms with Gasteiger partial charge in [0.15, 0.2) is 5.78 Å². The van der Waals surface area contributed by atoms with E-state index in [4.69, 9.17) is 10.5 Å². The molecule has 7 fully saturated rings. The van der Waals surface area contributed by atoms with E-state index < -0.39 is 29.8 Å². The fourth-order valence-corrected chi connectivity index (χ4v) is 14.9. The molecular formula is C50H81N3O7. The van der Waals surface area contributed by atoms with Crippen LogP contribution in [0.2, 0.25) is 0 Å². The number of hydrogen-bond acceptors (Lipinski definition) is 10. The number of nitrogens with two attached hydrogens (primary N) is 1. The fraction of sp³-hybridized carbons (Fsp3) is 0.920. The smallest absolute Gasteiger partial charge is 0.153 e. The standard InChI is InChI=1S/C50H81N3O7/c1-60-46-24-35-11-13-47(58)50(17-14-30(21-48(50)59)6-7-31-20-38-10-12-39(54)26-42(38)53-29-31)18-15-36(41(35)28-45(46)57)23-43(55)44(56)27-40(37-16-19-52-49(51)25-37)34-9-8-32-4-2-3-5-33(32)22-34/h30-38,40-46,48-49,52-53,55-57,59H,2-14,16-17,19-29,51H2,1H3/t30-,31+,32?,33?,34?,35?,36-,37?,38+,40+,41?,42-,43+,44-,45?,46?,48-,49?,50+/m1/s1. The Balaban J connectivity index is 0.962. The summed E-state index contributed by atoms with van der Waals surface area (Å²) in [7, 11) is 1.64. The number of rotatable bonds is 11. The van der Waals surface area contributed by atoms with Gasteiger partial charge in [0.05, 0.1) is 36.7 Å². The minimum Gasteiger partial charge on any atom is -0.391 e. The number of piperidine rings is 2. The molecule has 0 aromatic rings. The van der Waals surface area contributed by atoms with Crippen LogP contribution in [0.15, 0.2) is 0 Å². The highest BCUT2D eigenvalue weighted by atomic mass is 16.5. The Morgan fingerprint density at radius 1 is 0.800 bits per heavy atom. The van der Waals surface area contributed by atoms with Gasteiger partial charge in [0.1, 0.15) is 11.2 Å². The number of methoxy groups -OCH3 is 1. The van der Waals surface area contributed by atoms with E-state index in [9.17, 15) is 30.0 Å². The van der Waals surface area contributed by atoms with Gasteiger partial charge in [-0.05, 0) is 175 Å². The summed E-state index contributed by atoms with van der Waals surface area (Å²) in [5.74, 6) is 11.5. The Morgan fingerprint density at radius 2 is 1.58 bits per heavy atom. The zero-order valence-electron chi connectivity index (χ0n) is 36.9. The number of ether oxygens (including phenoxy) is 1. The lowest BCUT2D eigenvalue weighted by atomic mass is 9.61. The average molecular weight is 836 g/mol. The molecule has 338 valence electrons. The highest BCUT2D eigenvalue weighted by molar-refractivity contribution is 5.89. The van der Waals surface area contributed by atoms with Crippen LogP contribution in [-0.2, 0) is 14.3 Å². The molecule has 0 bridgehead atoms. The van der Waals surface area contributed by atoms with Crippen LogP contribution in [0.3, 0.4) is 0 Å². The van der Waals surface area contributed by atoms with Crippen LogP contribution in [0.5, 0.6) is 0 Å². The zero-order chi connectivity index (χ0) is 42.0. The van der Waals surface area contributed by atoms with Crippen LogP contribution in [-0.4, -0.2) is 94.9 Å². The predicted octanol–water partition coefficient (Wildman–Crippen LogP) is 5.66. The minimum absolute atomic E-state index is 0.0334. The molecule has 10 nitrogen and oxygen atoms in total. The molecule has 6 aliphatic carbocycles. The third-order valence-corrected chi connectivity index (χ3v) is 18.5. The molecule has 10 heteroatoms. The van der Waals surface area contributed by atoms with E-state index in [0.717, 1.165) is 63.5 Å². The molecule has 1 spiro atoms. The van der Waals surface area contributed by atoms with Gasteiger partial charge in [-0.25, -0.2) is 0 Å². The summed E-state index contributed by atoms with van der Waals surface area (Å²) in [5, 5.41) is 54.4. The maximum Gasteiger partial charge on any atom is 0.153 e. The number of carbonyl (C=O) groups is 2. The molecule has 2 aliphatic heterocycles. The molecule has 8 aliphatic rings. The van der Waals surface area contributed by atoms with Crippen molar-refractivity contribution in [2.75, 3.05) is 20.2 Å². The number of aliphatic hydroxyl groups is 4. The van der Waals surface area contributed by atoms with Crippen molar-refractivity contribution in [3.05, 3.63) is 0 Å². The maximum absolute atomic E-state index is 14.4. The van der Waals surface area contributed by atoms with Crippen LogP contribution in [0.25, 0.3) is 0 Å². The number of Topliss-reactive ketones (excluding diaryl/α,β-unsaturated/α-hetero) is 2. The van der Waals surface area contributed by atoms with Gasteiger partial charge in [-0.15, -0.1) is 0 Å². The van der Waals surface area contributed by atoms with Gasteiger partial charge < -0.3 is 41.5 Å². The third kappa shape index (κ3) is 10.3. The quantitative estimate of drug-likeness (QED) is 0.129. The highest BCUT2D eigenvalue weighted by Crippen LogP contribution is 2.50. The average Bonchev–Trinajstić information content (AvgIpc) is 3.30. The molecule has 2 heterocycles. The number of aliphatic hydroxyl groups excluding tert-OH is 4. The first kappa shape index (κ1) is 45.2. The van der Waals surface area contributed by atoms with Crippen molar-refractivity contribution in [3.63, 3.8) is 0 Å². The summed E-state index contributed by atoms with van der Waals surface area (Å²) in [6.07, 6.45) is 17.8. The van der Waals surface area contributed by atoms with Crippen molar-refractivity contribution >= 4 is 11.6 Å². The van der Waals surface area contributed by atoms with Crippen molar-refractivity contribution in [1.29, 1.82) is 0 Å². The van der Waals surface area contributed by atoms with E-state index in [1.165, 1.54) is 51.4 Å². The first-order chi connectivity index (χ1) is 29.0. The molecule has 60 heavy (non-hydrogen) atoms. The molecule has 0 aromatic heterocycles. The molecule has 5 saturated carbocycles. The van der Waals surface area contributed by atoms with Gasteiger partial charge in [-0.1, -0.05) is 43.9 Å². The van der Waals surface area contributed by atoms with Gasteiger partial charge in [0.25, 0.3) is 0 Å². The third-order valence-electron chi connectivity index (χ3n) is 18.5. The SMILES string of the molecule is COC1CC2CCC(=O)[C@@]3(C#C[C@H](C[C@H](O)[C@H](O)C[C@H](C4CCNC(N)C4)C4CCC5CCCCC5C4)C2CC1O)CC[C@@H](CC[C@@H]1CN[C@@H]2CC(=O)CC[C@H]2C1)C[C@H]3O. The molecule has 0 amide bonds. The van der Waals surface area contributed by atoms with E-state index in [1.54, 1.807) is 7.11 Å². The normalized spacial score (nSPS) is 45.3. The van der Waals surface area contributed by atoms with E-state index >= 15 is 0 Å². The Bertz CT molecular complexity index is 1520. The lowest BCUT2D eigenvalue weighted by Crippen LogP contribution is -2.49. The summed E-state index contributed by atoms with van der Waals surface area (Å²) < 4.78 is 5.74. The molecule has 8 N–H and O–H groups in total. The van der Waals surface area contributed by atoms with Gasteiger partial charge in [-0.2, -0.15) is 0 Å². The molecular weight excluding hydrogens is 755 g/mol. The van der Waals surface area contributed by atoms with Crippen LogP contribution >= 0.6 is 0 Å². The largest absolute Gasteiger partial charge is 0.391 e. The van der Waals surface area contributed by atoms with Crippen molar-refractivity contribution in [3.8, 4) is 11.8 Å². The fourth-order valence-electron chi connectivity index (χ4n) is 14.9. The number of carbonyl (C=O) groups excluding carboxylic acids is 2. The number of fused-ring (bicyclic) bond motifs is 3. The summed E-state index contributed by atoms with van der Waals surface area (Å²) in [5.41, 5.74) is 5.35. The molecule has 2 saturated heterocycles. The van der Waals surface area contributed by atoms with Crippen molar-refractivity contribution < 1.29 is 34.8 Å². The molecule has 8 rings (SSSR count). The van der Waals surface area contributed by atoms with Gasteiger partial charge in [0, 0.05) is 38.3 Å². The van der Waals surface area contributed by atoms with Crippen molar-refractivity contribution in [2.45, 2.75) is 197 Å². The van der Waals surface area contributed by atoms with E-state index in [-0.39, 0.29) is 42.2 Å². The Labute approximate surface area is 361 Å². The summed E-state index contributed by atoms with van der Waals surface area (Å²) in [4.78, 5) is 26.4. The second-order valence-corrected chi connectivity index (χ2v) is 21.9. The number of nitrogens with one attached hydrogen (secondary N) is 2. The molecule has 0 radical (unpaired) electrons. The predicted molar refractivity (Wildman–Crippen MR) is 232 cm³/mol. The van der Waals surface area contributed by atoms with E-state index in [0.29, 0.717) is 105 Å². The van der Waals surface area contributed by atoms with Crippen LogP contribution in [0.4, 0.5) is 0 Å². The van der Waals surface area contributed by atoms with E-state index in [2.05, 4.69) is 22.5 Å². The monoisotopic (exact) mass is 836 g/mol. The minimum atomic E-state index is -1.13. The van der Waals surface area contributed by atoms with Crippen molar-refractivity contribution in [1.82, 2.24) is 10.6 Å². The lowest BCUT2D eigenvalue weighted by Gasteiger charge is -2.46. The Hall–Kier alpha value is -1.42. The van der Waals surface area contributed by atoms with Crippen LogP contribution in [0.1, 0.15) is 154 Å². The van der Waals surface area contributed by atoms with E-state index in [1.807, 2.05) is 0 Å².